The molecule has 0 saturated heterocycles. The zero-order valence-electron chi connectivity index (χ0n) is 19.4. The predicted molar refractivity (Wildman–Crippen MR) is 125 cm³/mol. The maximum atomic E-state index is 13.3. The highest BCUT2D eigenvalue weighted by atomic mass is 19.1. The Morgan fingerprint density at radius 2 is 2.00 bits per heavy atom. The van der Waals surface area contributed by atoms with Crippen molar-refractivity contribution in [3.63, 3.8) is 0 Å². The number of furan rings is 1. The molecule has 1 atom stereocenters. The molecule has 0 spiro atoms. The monoisotopic (exact) mass is 480 g/mol. The van der Waals surface area contributed by atoms with Crippen LogP contribution in [0.3, 0.4) is 0 Å². The van der Waals surface area contributed by atoms with Crippen molar-refractivity contribution in [3.05, 3.63) is 77.5 Å². The zero-order valence-corrected chi connectivity index (χ0v) is 19.4. The van der Waals surface area contributed by atoms with E-state index in [1.165, 1.54) is 23.1 Å². The van der Waals surface area contributed by atoms with Crippen molar-refractivity contribution < 1.29 is 32.7 Å². The summed E-state index contributed by atoms with van der Waals surface area (Å²) in [5, 5.41) is 2.83. The van der Waals surface area contributed by atoms with E-state index in [1.807, 2.05) is 13.8 Å². The Labute approximate surface area is 201 Å². The molecule has 0 saturated carbocycles. The maximum absolute atomic E-state index is 13.3. The third kappa shape index (κ3) is 5.68. The number of rotatable bonds is 9. The molecule has 1 aromatic heterocycles. The molecule has 0 radical (unpaired) electrons. The highest BCUT2D eigenvalue weighted by Crippen LogP contribution is 2.34. The van der Waals surface area contributed by atoms with Crippen molar-refractivity contribution in [1.82, 2.24) is 5.32 Å². The summed E-state index contributed by atoms with van der Waals surface area (Å²) < 4.78 is 29.9. The Kier molecular flexibility index (Phi) is 7.14. The average Bonchev–Trinajstić information content (AvgIpc) is 3.33. The molecule has 2 aromatic carbocycles. The lowest BCUT2D eigenvalue weighted by Gasteiger charge is -2.29. The minimum Gasteiger partial charge on any atom is -0.485 e. The first-order valence-corrected chi connectivity index (χ1v) is 11.2. The number of nitrogens with one attached hydrogen (secondary N) is 1. The number of amides is 2. The van der Waals surface area contributed by atoms with Gasteiger partial charge in [0.05, 0.1) is 12.2 Å². The van der Waals surface area contributed by atoms with Crippen LogP contribution in [0.25, 0.3) is 0 Å². The molecule has 9 heteroatoms. The second-order valence-corrected chi connectivity index (χ2v) is 8.17. The Hall–Kier alpha value is -4.14. The van der Waals surface area contributed by atoms with Crippen molar-refractivity contribution in [2.45, 2.75) is 32.9 Å². The molecule has 8 nitrogen and oxygen atoms in total. The molecule has 1 aliphatic heterocycles. The second-order valence-electron chi connectivity index (χ2n) is 8.17. The van der Waals surface area contributed by atoms with E-state index in [9.17, 15) is 18.8 Å². The number of halogens is 1. The summed E-state index contributed by atoms with van der Waals surface area (Å²) >= 11 is 0. The molecule has 1 aliphatic rings. The SMILES string of the molecule is CCC(C)NC(=O)c1ccc(CN2C(=O)COc3ccc(C(=O)COc4cccc(F)c4)cc32)o1. The molecule has 0 aliphatic carbocycles. The van der Waals surface area contributed by atoms with E-state index in [0.29, 0.717) is 22.8 Å². The number of hydrogen-bond donors (Lipinski definition) is 1. The van der Waals surface area contributed by atoms with E-state index >= 15 is 0 Å². The van der Waals surface area contributed by atoms with Crippen molar-refractivity contribution in [3.8, 4) is 11.5 Å². The Morgan fingerprint density at radius 1 is 1.17 bits per heavy atom. The summed E-state index contributed by atoms with van der Waals surface area (Å²) in [6, 6.07) is 13.4. The van der Waals surface area contributed by atoms with Gasteiger partial charge in [0.1, 0.15) is 23.1 Å². The minimum absolute atomic E-state index is 0.00426. The highest BCUT2D eigenvalue weighted by Gasteiger charge is 2.28. The molecule has 0 bridgehead atoms. The molecule has 2 amide bonds. The number of anilines is 1. The van der Waals surface area contributed by atoms with Gasteiger partial charge in [-0.1, -0.05) is 13.0 Å². The Bertz CT molecular complexity index is 1250. The van der Waals surface area contributed by atoms with Gasteiger partial charge in [0.15, 0.2) is 24.8 Å². The van der Waals surface area contributed by atoms with Crippen LogP contribution in [0.5, 0.6) is 11.5 Å². The van der Waals surface area contributed by atoms with Crippen LogP contribution in [0.1, 0.15) is 46.9 Å². The predicted octanol–water partition coefficient (Wildman–Crippen LogP) is 4.13. The first kappa shape index (κ1) is 24.0. The molecule has 182 valence electrons. The van der Waals surface area contributed by atoms with Gasteiger partial charge in [-0.15, -0.1) is 0 Å². The first-order valence-electron chi connectivity index (χ1n) is 11.2. The van der Waals surface area contributed by atoms with Crippen LogP contribution in [0.4, 0.5) is 10.1 Å². The lowest BCUT2D eigenvalue weighted by molar-refractivity contribution is -0.121. The molecule has 4 rings (SSSR count). The maximum Gasteiger partial charge on any atom is 0.287 e. The summed E-state index contributed by atoms with van der Waals surface area (Å²) in [6.07, 6.45) is 0.784. The molecule has 0 fully saturated rings. The van der Waals surface area contributed by atoms with Crippen LogP contribution in [0.2, 0.25) is 0 Å². The lowest BCUT2D eigenvalue weighted by atomic mass is 10.1. The number of nitrogens with zero attached hydrogens (tertiary/aromatic N) is 1. The number of carbonyl (C=O) groups excluding carboxylic acids is 3. The van der Waals surface area contributed by atoms with Gasteiger partial charge in [-0.3, -0.25) is 19.3 Å². The number of hydrogen-bond acceptors (Lipinski definition) is 6. The normalized spacial score (nSPS) is 13.6. The summed E-state index contributed by atoms with van der Waals surface area (Å²) in [5.74, 6) is -0.224. The third-order valence-corrected chi connectivity index (χ3v) is 5.58. The summed E-state index contributed by atoms with van der Waals surface area (Å²) in [5.41, 5.74) is 0.705. The fraction of sp³-hybridized carbons (Fsp3) is 0.269. The van der Waals surface area contributed by atoms with Gasteiger partial charge in [-0.05, 0) is 55.8 Å². The molecular formula is C26H25FN2O6. The van der Waals surface area contributed by atoms with Crippen molar-refractivity contribution in [2.24, 2.45) is 0 Å². The lowest BCUT2D eigenvalue weighted by Crippen LogP contribution is -2.38. The zero-order chi connectivity index (χ0) is 24.9. The van der Waals surface area contributed by atoms with Gasteiger partial charge in [0, 0.05) is 17.7 Å². The fourth-order valence-electron chi connectivity index (χ4n) is 3.48. The van der Waals surface area contributed by atoms with E-state index < -0.39 is 5.82 Å². The summed E-state index contributed by atoms with van der Waals surface area (Å²) in [7, 11) is 0. The molecule has 3 aromatic rings. The third-order valence-electron chi connectivity index (χ3n) is 5.58. The van der Waals surface area contributed by atoms with Crippen molar-refractivity contribution in [2.75, 3.05) is 18.1 Å². The summed E-state index contributed by atoms with van der Waals surface area (Å²) in [6.45, 7) is 3.46. The van der Waals surface area contributed by atoms with Crippen molar-refractivity contribution in [1.29, 1.82) is 0 Å². The Morgan fingerprint density at radius 3 is 2.77 bits per heavy atom. The molecule has 35 heavy (non-hydrogen) atoms. The van der Waals surface area contributed by atoms with Crippen LogP contribution < -0.4 is 19.7 Å². The van der Waals surface area contributed by atoms with E-state index in [4.69, 9.17) is 13.9 Å². The molecule has 1 N–H and O–H groups in total. The average molecular weight is 480 g/mol. The van der Waals surface area contributed by atoms with Gasteiger partial charge in [-0.2, -0.15) is 0 Å². The van der Waals surface area contributed by atoms with Crippen LogP contribution in [0, 0.1) is 5.82 Å². The number of fused-ring (bicyclic) bond motifs is 1. The standard InChI is InChI=1S/C26H25FN2O6/c1-3-16(2)28-26(32)24-10-8-20(35-24)13-29-21-11-17(7-9-23(21)34-15-25(29)31)22(30)14-33-19-6-4-5-18(27)12-19/h4-12,16H,3,13-15H2,1-2H3,(H,28,32). The van der Waals surface area contributed by atoms with E-state index in [-0.39, 0.29) is 54.9 Å². The topological polar surface area (TPSA) is 98.1 Å². The number of Topliss-reactive ketones (excluding diaryl/α,β-unsaturated/α-hetero) is 1. The fourth-order valence-corrected chi connectivity index (χ4v) is 3.48. The number of benzene rings is 2. The Balaban J connectivity index is 1.49. The van der Waals surface area contributed by atoms with Crippen molar-refractivity contribution >= 4 is 23.3 Å². The largest absolute Gasteiger partial charge is 0.485 e. The van der Waals surface area contributed by atoms with Crippen LogP contribution in [0.15, 0.2) is 59.0 Å². The van der Waals surface area contributed by atoms with Gasteiger partial charge >= 0.3 is 0 Å². The minimum atomic E-state index is -0.464. The highest BCUT2D eigenvalue weighted by molar-refractivity contribution is 6.02. The van der Waals surface area contributed by atoms with Gasteiger partial charge < -0.3 is 19.2 Å². The summed E-state index contributed by atoms with van der Waals surface area (Å²) in [4.78, 5) is 39.1. The second kappa shape index (κ2) is 10.4. The van der Waals surface area contributed by atoms with Gasteiger partial charge in [-0.25, -0.2) is 4.39 Å². The van der Waals surface area contributed by atoms with E-state index in [0.717, 1.165) is 6.42 Å². The number of ketones is 1. The molecule has 2 heterocycles. The van der Waals surface area contributed by atoms with Crippen LogP contribution in [-0.2, 0) is 11.3 Å². The molecular weight excluding hydrogens is 455 g/mol. The van der Waals surface area contributed by atoms with E-state index in [1.54, 1.807) is 36.4 Å². The number of carbonyl (C=O) groups is 3. The smallest absolute Gasteiger partial charge is 0.287 e. The molecule has 1 unspecified atom stereocenters. The van der Waals surface area contributed by atoms with Gasteiger partial charge in [0.25, 0.3) is 11.8 Å². The first-order chi connectivity index (χ1) is 16.8. The van der Waals surface area contributed by atoms with E-state index in [2.05, 4.69) is 5.32 Å². The number of ether oxygens (including phenoxy) is 2. The van der Waals surface area contributed by atoms with Gasteiger partial charge in [0.2, 0.25) is 0 Å². The quantitative estimate of drug-likeness (QED) is 0.463. The van der Waals surface area contributed by atoms with Crippen LogP contribution in [-0.4, -0.2) is 36.9 Å². The van der Waals surface area contributed by atoms with Crippen LogP contribution >= 0.6 is 0 Å².